The summed E-state index contributed by atoms with van der Waals surface area (Å²) in [6.45, 7) is -0.219. The molecule has 64 valence electrons. The van der Waals surface area contributed by atoms with Crippen LogP contribution in [0.3, 0.4) is 0 Å². The monoisotopic (exact) mass is 168 g/mol. The van der Waals surface area contributed by atoms with E-state index >= 15 is 0 Å². The van der Waals surface area contributed by atoms with Gasteiger partial charge in [0.25, 0.3) is 11.5 Å². The molecule has 0 unspecified atom stereocenters. The van der Waals surface area contributed by atoms with E-state index in [0.29, 0.717) is 5.75 Å². The fourth-order valence-electron chi connectivity index (χ4n) is 0.669. The van der Waals surface area contributed by atoms with Crippen LogP contribution in [0.4, 0.5) is 0 Å². The molecule has 0 fully saturated rings. The summed E-state index contributed by atoms with van der Waals surface area (Å²) >= 11 is 0. The third-order valence-corrected chi connectivity index (χ3v) is 1.13. The maximum atomic E-state index is 10.7. The number of nitrogens with one attached hydrogen (secondary N) is 1. The number of nitrogens with two attached hydrogens (primary N) is 1. The maximum Gasteiger partial charge on any atom is 0.255 e. The second-order valence-electron chi connectivity index (χ2n) is 2.14. The Labute approximate surface area is 68.2 Å². The molecule has 0 aliphatic carbocycles. The van der Waals surface area contributed by atoms with Crippen LogP contribution < -0.4 is 16.0 Å². The summed E-state index contributed by atoms with van der Waals surface area (Å²) in [5.74, 6) is -0.243. The van der Waals surface area contributed by atoms with Crippen molar-refractivity contribution in [3.8, 4) is 5.75 Å². The molecule has 5 nitrogen and oxygen atoms in total. The summed E-state index contributed by atoms with van der Waals surface area (Å²) in [4.78, 5) is 23.4. The van der Waals surface area contributed by atoms with Crippen LogP contribution in [-0.2, 0) is 4.79 Å². The third-order valence-electron chi connectivity index (χ3n) is 1.13. The van der Waals surface area contributed by atoms with Crippen LogP contribution >= 0.6 is 0 Å². The van der Waals surface area contributed by atoms with Crippen LogP contribution in [0.1, 0.15) is 0 Å². The largest absolute Gasteiger partial charge is 0.484 e. The van der Waals surface area contributed by atoms with E-state index in [-0.39, 0.29) is 12.2 Å². The average Bonchev–Trinajstić information content (AvgIpc) is 2.01. The first-order valence-corrected chi connectivity index (χ1v) is 3.28. The molecule has 1 rings (SSSR count). The number of hydrogen-bond acceptors (Lipinski definition) is 3. The molecule has 1 aromatic heterocycles. The van der Waals surface area contributed by atoms with Crippen molar-refractivity contribution >= 4 is 5.91 Å². The molecule has 1 aromatic rings. The van der Waals surface area contributed by atoms with E-state index in [9.17, 15) is 9.59 Å². The Bertz CT molecular complexity index is 331. The zero-order valence-corrected chi connectivity index (χ0v) is 6.24. The number of pyridine rings is 1. The van der Waals surface area contributed by atoms with Crippen LogP contribution in [0.5, 0.6) is 5.75 Å². The van der Waals surface area contributed by atoms with Gasteiger partial charge in [-0.25, -0.2) is 0 Å². The van der Waals surface area contributed by atoms with Crippen molar-refractivity contribution in [2.75, 3.05) is 6.61 Å². The molecular formula is C7H8N2O3. The van der Waals surface area contributed by atoms with Crippen LogP contribution in [0.25, 0.3) is 0 Å². The van der Waals surface area contributed by atoms with Gasteiger partial charge in [-0.05, 0) is 6.07 Å². The first-order valence-electron chi connectivity index (χ1n) is 3.28. The Morgan fingerprint density at radius 1 is 1.67 bits per heavy atom. The van der Waals surface area contributed by atoms with Gasteiger partial charge in [-0.2, -0.15) is 0 Å². The summed E-state index contributed by atoms with van der Waals surface area (Å²) in [6, 6.07) is 2.77. The highest BCUT2D eigenvalue weighted by atomic mass is 16.5. The summed E-state index contributed by atoms with van der Waals surface area (Å²) < 4.78 is 4.85. The van der Waals surface area contributed by atoms with E-state index in [1.165, 1.54) is 18.3 Å². The molecule has 0 atom stereocenters. The molecule has 0 aliphatic heterocycles. The smallest absolute Gasteiger partial charge is 0.255 e. The SMILES string of the molecule is NC(=O)COc1cc[nH]c(=O)c1. The van der Waals surface area contributed by atoms with E-state index in [1.54, 1.807) is 0 Å². The number of ether oxygens (including phenoxy) is 1. The number of hydrogen-bond donors (Lipinski definition) is 2. The first kappa shape index (κ1) is 8.32. The summed E-state index contributed by atoms with van der Waals surface area (Å²) in [5, 5.41) is 0. The number of H-pyrrole nitrogens is 1. The Morgan fingerprint density at radius 3 is 3.00 bits per heavy atom. The van der Waals surface area contributed by atoms with Gasteiger partial charge >= 0.3 is 0 Å². The van der Waals surface area contributed by atoms with Crippen molar-refractivity contribution in [1.82, 2.24) is 4.98 Å². The van der Waals surface area contributed by atoms with Gasteiger partial charge in [-0.1, -0.05) is 0 Å². The molecule has 1 heterocycles. The summed E-state index contributed by atoms with van der Waals surface area (Å²) in [5.41, 5.74) is 4.55. The Morgan fingerprint density at radius 2 is 2.42 bits per heavy atom. The number of primary amides is 1. The number of aromatic nitrogens is 1. The van der Waals surface area contributed by atoms with Gasteiger partial charge in [-0.3, -0.25) is 9.59 Å². The number of rotatable bonds is 3. The minimum absolute atomic E-state index is 0.219. The molecule has 12 heavy (non-hydrogen) atoms. The van der Waals surface area contributed by atoms with Crippen LogP contribution in [-0.4, -0.2) is 17.5 Å². The van der Waals surface area contributed by atoms with E-state index in [1.807, 2.05) is 0 Å². The quantitative estimate of drug-likeness (QED) is 0.622. The number of amides is 1. The Hall–Kier alpha value is -1.78. The van der Waals surface area contributed by atoms with Crippen LogP contribution in [0, 0.1) is 0 Å². The zero-order valence-electron chi connectivity index (χ0n) is 6.24. The third kappa shape index (κ3) is 2.45. The minimum Gasteiger partial charge on any atom is -0.484 e. The van der Waals surface area contributed by atoms with Gasteiger partial charge < -0.3 is 15.5 Å². The Balaban J connectivity index is 2.64. The molecule has 5 heteroatoms. The summed E-state index contributed by atoms with van der Waals surface area (Å²) in [6.07, 6.45) is 1.43. The maximum absolute atomic E-state index is 10.7. The highest BCUT2D eigenvalue weighted by molar-refractivity contribution is 5.75. The van der Waals surface area contributed by atoms with Crippen molar-refractivity contribution in [1.29, 1.82) is 0 Å². The highest BCUT2D eigenvalue weighted by Crippen LogP contribution is 2.02. The molecular weight excluding hydrogens is 160 g/mol. The topological polar surface area (TPSA) is 85.2 Å². The van der Waals surface area contributed by atoms with Gasteiger partial charge in [-0.15, -0.1) is 0 Å². The molecule has 0 radical (unpaired) electrons. The molecule has 0 spiro atoms. The predicted molar refractivity (Wildman–Crippen MR) is 41.8 cm³/mol. The minimum atomic E-state index is -0.574. The zero-order chi connectivity index (χ0) is 8.97. The lowest BCUT2D eigenvalue weighted by atomic mass is 10.4. The number of carbonyl (C=O) groups is 1. The first-order chi connectivity index (χ1) is 5.68. The fourth-order valence-corrected chi connectivity index (χ4v) is 0.669. The average molecular weight is 168 g/mol. The lowest BCUT2D eigenvalue weighted by molar-refractivity contribution is -0.119. The Kier molecular flexibility index (Phi) is 2.47. The van der Waals surface area contributed by atoms with Crippen molar-refractivity contribution in [3.63, 3.8) is 0 Å². The second-order valence-corrected chi connectivity index (χ2v) is 2.14. The molecule has 1 amide bonds. The van der Waals surface area contributed by atoms with Crippen molar-refractivity contribution < 1.29 is 9.53 Å². The van der Waals surface area contributed by atoms with E-state index < -0.39 is 5.91 Å². The molecule has 0 bridgehead atoms. The fraction of sp³-hybridized carbons (Fsp3) is 0.143. The van der Waals surface area contributed by atoms with Gasteiger partial charge in [0.2, 0.25) is 0 Å². The van der Waals surface area contributed by atoms with Crippen LogP contribution in [0.2, 0.25) is 0 Å². The molecule has 3 N–H and O–H groups in total. The van der Waals surface area contributed by atoms with Gasteiger partial charge in [0.15, 0.2) is 6.61 Å². The van der Waals surface area contributed by atoms with Gasteiger partial charge in [0, 0.05) is 12.3 Å². The molecule has 0 aliphatic rings. The lowest BCUT2D eigenvalue weighted by Gasteiger charge is -2.00. The van der Waals surface area contributed by atoms with Gasteiger partial charge in [0.05, 0.1) is 0 Å². The van der Waals surface area contributed by atoms with Gasteiger partial charge in [0.1, 0.15) is 5.75 Å². The van der Waals surface area contributed by atoms with Crippen molar-refractivity contribution in [2.45, 2.75) is 0 Å². The second kappa shape index (κ2) is 3.56. The number of aromatic amines is 1. The highest BCUT2D eigenvalue weighted by Gasteiger charge is 1.96. The predicted octanol–water partition coefficient (Wildman–Crippen LogP) is -0.761. The van der Waals surface area contributed by atoms with E-state index in [2.05, 4.69) is 4.98 Å². The number of carbonyl (C=O) groups excluding carboxylic acids is 1. The summed E-state index contributed by atoms with van der Waals surface area (Å²) in [7, 11) is 0. The van der Waals surface area contributed by atoms with E-state index in [4.69, 9.17) is 10.5 Å². The lowest BCUT2D eigenvalue weighted by Crippen LogP contribution is -2.20. The van der Waals surface area contributed by atoms with Crippen LogP contribution in [0.15, 0.2) is 23.1 Å². The van der Waals surface area contributed by atoms with Crippen molar-refractivity contribution in [3.05, 3.63) is 28.7 Å². The molecule has 0 aromatic carbocycles. The normalized spacial score (nSPS) is 9.33. The standard InChI is InChI=1S/C7H8N2O3/c8-6(10)4-12-5-1-2-9-7(11)3-5/h1-3H,4H2,(H2,8,10)(H,9,11). The molecule has 0 saturated carbocycles. The van der Waals surface area contributed by atoms with E-state index in [0.717, 1.165) is 0 Å². The van der Waals surface area contributed by atoms with Crippen molar-refractivity contribution in [2.24, 2.45) is 5.73 Å². The molecule has 0 saturated heterocycles.